The third kappa shape index (κ3) is 2.50. The molecule has 0 bridgehead atoms. The number of aromatic nitrogens is 3. The molecule has 0 radical (unpaired) electrons. The number of carboxylic acid groups (broad SMARTS) is 1. The smallest absolute Gasteiger partial charge is 0.371 e. The van der Waals surface area contributed by atoms with Crippen LogP contribution in [-0.4, -0.2) is 25.8 Å². The second-order valence-electron chi connectivity index (χ2n) is 3.45. The van der Waals surface area contributed by atoms with Gasteiger partial charge >= 0.3 is 5.97 Å². The van der Waals surface area contributed by atoms with E-state index in [-0.39, 0.29) is 5.76 Å². The van der Waals surface area contributed by atoms with Crippen molar-refractivity contribution in [2.45, 2.75) is 17.8 Å². The highest BCUT2D eigenvalue weighted by molar-refractivity contribution is 7.98. The van der Waals surface area contributed by atoms with Gasteiger partial charge < -0.3 is 9.52 Å². The maximum absolute atomic E-state index is 10.7. The minimum atomic E-state index is -1.05. The zero-order valence-corrected chi connectivity index (χ0v) is 10.2. The molecule has 7 heteroatoms. The molecular weight excluding hydrogens is 242 g/mol. The molecule has 2 heterocycles. The molecule has 0 amide bonds. The van der Waals surface area contributed by atoms with Gasteiger partial charge in [0.1, 0.15) is 12.1 Å². The lowest BCUT2D eigenvalue weighted by Crippen LogP contribution is -1.93. The summed E-state index contributed by atoms with van der Waals surface area (Å²) >= 11 is 1.48. The Kier molecular flexibility index (Phi) is 3.19. The van der Waals surface area contributed by atoms with Crippen molar-refractivity contribution in [2.24, 2.45) is 7.05 Å². The van der Waals surface area contributed by atoms with E-state index in [0.29, 0.717) is 11.5 Å². The summed E-state index contributed by atoms with van der Waals surface area (Å²) in [5, 5.41) is 13.5. The van der Waals surface area contributed by atoms with Crippen molar-refractivity contribution < 1.29 is 14.3 Å². The van der Waals surface area contributed by atoms with Crippen LogP contribution in [0.15, 0.2) is 22.0 Å². The number of aryl methyl sites for hydroxylation is 2. The average Bonchev–Trinajstić information content (AvgIpc) is 2.82. The van der Waals surface area contributed by atoms with E-state index in [4.69, 9.17) is 9.52 Å². The summed E-state index contributed by atoms with van der Waals surface area (Å²) in [6.45, 7) is 1.75. The van der Waals surface area contributed by atoms with Gasteiger partial charge in [0.05, 0.1) is 0 Å². The molecule has 17 heavy (non-hydrogen) atoms. The van der Waals surface area contributed by atoms with Crippen LogP contribution in [0.3, 0.4) is 0 Å². The van der Waals surface area contributed by atoms with Gasteiger partial charge in [0.15, 0.2) is 5.16 Å². The fourth-order valence-electron chi connectivity index (χ4n) is 1.33. The van der Waals surface area contributed by atoms with Crippen LogP contribution in [0, 0.1) is 6.92 Å². The van der Waals surface area contributed by atoms with Crippen molar-refractivity contribution in [3.63, 3.8) is 0 Å². The molecule has 0 aliphatic carbocycles. The van der Waals surface area contributed by atoms with Crippen LogP contribution >= 0.6 is 11.8 Å². The molecule has 90 valence electrons. The number of hydrogen-bond acceptors (Lipinski definition) is 5. The maximum atomic E-state index is 10.7. The zero-order chi connectivity index (χ0) is 12.4. The molecule has 0 saturated carbocycles. The highest BCUT2D eigenvalue weighted by Gasteiger charge is 2.13. The predicted octanol–water partition coefficient (Wildman–Crippen LogP) is 1.71. The monoisotopic (exact) mass is 253 g/mol. The largest absolute Gasteiger partial charge is 0.475 e. The summed E-state index contributed by atoms with van der Waals surface area (Å²) in [6.07, 6.45) is 1.48. The second kappa shape index (κ2) is 4.62. The highest BCUT2D eigenvalue weighted by atomic mass is 32.2. The van der Waals surface area contributed by atoms with Gasteiger partial charge in [-0.05, 0) is 13.0 Å². The van der Waals surface area contributed by atoms with E-state index in [2.05, 4.69) is 10.1 Å². The van der Waals surface area contributed by atoms with Crippen LogP contribution in [0.25, 0.3) is 0 Å². The maximum Gasteiger partial charge on any atom is 0.371 e. The second-order valence-corrected chi connectivity index (χ2v) is 4.39. The number of rotatable bonds is 4. The van der Waals surface area contributed by atoms with Gasteiger partial charge in [-0.1, -0.05) is 11.8 Å². The van der Waals surface area contributed by atoms with Crippen molar-refractivity contribution >= 4 is 17.7 Å². The van der Waals surface area contributed by atoms with E-state index in [1.165, 1.54) is 18.1 Å². The summed E-state index contributed by atoms with van der Waals surface area (Å²) in [5.41, 5.74) is 0.857. The Hall–Kier alpha value is -1.76. The fourth-order valence-corrected chi connectivity index (χ4v) is 2.25. The Morgan fingerprint density at radius 2 is 2.41 bits per heavy atom. The first kappa shape index (κ1) is 11.7. The van der Waals surface area contributed by atoms with Crippen molar-refractivity contribution in [1.29, 1.82) is 0 Å². The normalized spacial score (nSPS) is 10.7. The number of hydrogen-bond donors (Lipinski definition) is 1. The third-order valence-electron chi connectivity index (χ3n) is 2.26. The van der Waals surface area contributed by atoms with E-state index in [9.17, 15) is 4.79 Å². The molecule has 0 aromatic carbocycles. The molecule has 0 unspecified atom stereocenters. The molecule has 2 aromatic rings. The molecule has 0 fully saturated rings. The molecule has 0 spiro atoms. The van der Waals surface area contributed by atoms with Crippen LogP contribution < -0.4 is 0 Å². The Balaban J connectivity index is 2.09. The van der Waals surface area contributed by atoms with E-state index in [1.807, 2.05) is 0 Å². The molecule has 2 aromatic heterocycles. The van der Waals surface area contributed by atoms with Gasteiger partial charge in [-0.3, -0.25) is 0 Å². The topological polar surface area (TPSA) is 81.2 Å². The molecule has 0 saturated heterocycles. The first-order chi connectivity index (χ1) is 8.08. The highest BCUT2D eigenvalue weighted by Crippen LogP contribution is 2.24. The lowest BCUT2D eigenvalue weighted by Gasteiger charge is -1.98. The number of carboxylic acids is 1. The van der Waals surface area contributed by atoms with Crippen LogP contribution in [0.4, 0.5) is 0 Å². The van der Waals surface area contributed by atoms with Crippen LogP contribution in [0.1, 0.15) is 21.9 Å². The number of furan rings is 1. The minimum Gasteiger partial charge on any atom is -0.475 e. The number of thioether (sulfide) groups is 1. The summed E-state index contributed by atoms with van der Waals surface area (Å²) in [7, 11) is 1.81. The van der Waals surface area contributed by atoms with Gasteiger partial charge in [0.2, 0.25) is 5.76 Å². The molecule has 6 nitrogen and oxygen atoms in total. The van der Waals surface area contributed by atoms with Crippen LogP contribution in [-0.2, 0) is 12.8 Å². The quantitative estimate of drug-likeness (QED) is 0.835. The first-order valence-corrected chi connectivity index (χ1v) is 5.86. The summed E-state index contributed by atoms with van der Waals surface area (Å²) in [5.74, 6) is 0.144. The Morgan fingerprint density at radius 3 is 2.94 bits per heavy atom. The zero-order valence-electron chi connectivity index (χ0n) is 9.38. The van der Waals surface area contributed by atoms with Crippen LogP contribution in [0.5, 0.6) is 0 Å². The molecule has 0 aliphatic heterocycles. The van der Waals surface area contributed by atoms with Crippen molar-refractivity contribution in [1.82, 2.24) is 14.8 Å². The Morgan fingerprint density at radius 1 is 1.65 bits per heavy atom. The molecule has 2 rings (SSSR count). The van der Waals surface area contributed by atoms with Crippen LogP contribution in [0.2, 0.25) is 0 Å². The third-order valence-corrected chi connectivity index (χ3v) is 3.34. The fraction of sp³-hybridized carbons (Fsp3) is 0.300. The Bertz CT molecular complexity index is 547. The van der Waals surface area contributed by atoms with E-state index in [0.717, 1.165) is 10.7 Å². The number of carbonyl (C=O) groups is 1. The average molecular weight is 253 g/mol. The minimum absolute atomic E-state index is 0.0314. The van der Waals surface area contributed by atoms with Crippen molar-refractivity contribution in [2.75, 3.05) is 0 Å². The molecule has 0 aliphatic rings. The lowest BCUT2D eigenvalue weighted by molar-refractivity contribution is 0.0661. The van der Waals surface area contributed by atoms with Gasteiger partial charge in [0.25, 0.3) is 0 Å². The van der Waals surface area contributed by atoms with Gasteiger partial charge in [-0.15, -0.1) is 0 Å². The number of nitrogens with zero attached hydrogens (tertiary/aromatic N) is 3. The van der Waals surface area contributed by atoms with Gasteiger partial charge in [0, 0.05) is 18.4 Å². The molecular formula is C10H11N3O3S. The predicted molar refractivity (Wildman–Crippen MR) is 61.0 cm³/mol. The molecule has 1 N–H and O–H groups in total. The number of aromatic carboxylic acids is 1. The van der Waals surface area contributed by atoms with E-state index < -0.39 is 5.97 Å². The van der Waals surface area contributed by atoms with E-state index >= 15 is 0 Å². The standard InChI is InChI=1S/C10H11N3O3S/c1-6-7(3-8(16-6)9(14)15)4-17-10-11-5-12-13(10)2/h3,5H,4H2,1-2H3,(H,14,15). The SMILES string of the molecule is Cc1oc(C(=O)O)cc1CSc1ncnn1C. The van der Waals surface area contributed by atoms with Gasteiger partial charge in [-0.2, -0.15) is 5.10 Å². The summed E-state index contributed by atoms with van der Waals surface area (Å²) < 4.78 is 6.79. The summed E-state index contributed by atoms with van der Waals surface area (Å²) in [4.78, 5) is 14.8. The van der Waals surface area contributed by atoms with Gasteiger partial charge in [-0.25, -0.2) is 14.5 Å². The Labute approximate surface area is 102 Å². The molecule has 0 atom stereocenters. The van der Waals surface area contributed by atoms with Crippen molar-refractivity contribution in [3.8, 4) is 0 Å². The lowest BCUT2D eigenvalue weighted by atomic mass is 10.3. The van der Waals surface area contributed by atoms with Crippen molar-refractivity contribution in [3.05, 3.63) is 29.5 Å². The van der Waals surface area contributed by atoms with E-state index in [1.54, 1.807) is 24.7 Å². The first-order valence-electron chi connectivity index (χ1n) is 4.87. The summed E-state index contributed by atoms with van der Waals surface area (Å²) in [6, 6.07) is 1.54.